The number of hydrogen-bond donors (Lipinski definition) is 3. The van der Waals surface area contributed by atoms with Crippen LogP contribution < -0.4 is 25.6 Å². The molecule has 1 heterocycles. The third-order valence-corrected chi connectivity index (χ3v) is 6.24. The number of carbonyl (C=O) groups excluding carboxylic acids is 2. The van der Waals surface area contributed by atoms with Crippen LogP contribution in [0.5, 0.6) is 5.75 Å². The first-order valence-electron chi connectivity index (χ1n) is 12.0. The first kappa shape index (κ1) is 25.1. The number of amides is 3. The molecule has 3 aromatic carbocycles. The fourth-order valence-electron chi connectivity index (χ4n) is 3.99. The maximum atomic E-state index is 12.9. The summed E-state index contributed by atoms with van der Waals surface area (Å²) in [7, 11) is 1.62. The summed E-state index contributed by atoms with van der Waals surface area (Å²) in [5, 5.41) is 8.78. The van der Waals surface area contributed by atoms with E-state index < -0.39 is 0 Å². The average molecular weight is 489 g/mol. The lowest BCUT2D eigenvalue weighted by molar-refractivity contribution is 0.0951. The van der Waals surface area contributed by atoms with Gasteiger partial charge in [-0.05, 0) is 73.0 Å². The Morgan fingerprint density at radius 2 is 1.67 bits per heavy atom. The molecule has 1 saturated heterocycles. The Morgan fingerprint density at radius 1 is 0.917 bits per heavy atom. The summed E-state index contributed by atoms with van der Waals surface area (Å²) >= 11 is 0. The summed E-state index contributed by atoms with van der Waals surface area (Å²) in [4.78, 5) is 28.0. The fraction of sp³-hybridized carbons (Fsp3) is 0.286. The van der Waals surface area contributed by atoms with Crippen molar-refractivity contribution < 1.29 is 19.1 Å². The van der Waals surface area contributed by atoms with Crippen LogP contribution in [0.15, 0.2) is 60.7 Å². The van der Waals surface area contributed by atoms with Crippen LogP contribution >= 0.6 is 0 Å². The van der Waals surface area contributed by atoms with E-state index in [9.17, 15) is 9.59 Å². The Bertz CT molecular complexity index is 1220. The Balaban J connectivity index is 1.50. The molecule has 1 aliphatic heterocycles. The Kier molecular flexibility index (Phi) is 8.07. The molecule has 0 saturated carbocycles. The molecule has 36 heavy (non-hydrogen) atoms. The number of ether oxygens (including phenoxy) is 2. The van der Waals surface area contributed by atoms with Gasteiger partial charge < -0.3 is 30.3 Å². The molecule has 8 nitrogen and oxygen atoms in total. The zero-order chi connectivity index (χ0) is 25.5. The van der Waals surface area contributed by atoms with Crippen LogP contribution in [0.2, 0.25) is 0 Å². The van der Waals surface area contributed by atoms with Crippen molar-refractivity contribution in [1.82, 2.24) is 5.32 Å². The summed E-state index contributed by atoms with van der Waals surface area (Å²) < 4.78 is 10.7. The molecular formula is C28H32N4O4. The predicted molar refractivity (Wildman–Crippen MR) is 142 cm³/mol. The topological polar surface area (TPSA) is 91.9 Å². The van der Waals surface area contributed by atoms with Crippen LogP contribution in [0.4, 0.5) is 21.9 Å². The molecular weight excluding hydrogens is 456 g/mol. The van der Waals surface area contributed by atoms with Crippen molar-refractivity contribution in [3.63, 3.8) is 0 Å². The van der Waals surface area contributed by atoms with Gasteiger partial charge in [0.1, 0.15) is 5.75 Å². The Labute approximate surface area is 211 Å². The number of carbonyl (C=O) groups is 2. The molecule has 0 aliphatic carbocycles. The van der Waals surface area contributed by atoms with Crippen molar-refractivity contribution in [3.8, 4) is 5.75 Å². The molecule has 3 aromatic rings. The van der Waals surface area contributed by atoms with Gasteiger partial charge in [-0.1, -0.05) is 18.2 Å². The lowest BCUT2D eigenvalue weighted by Crippen LogP contribution is -2.37. The Hall–Kier alpha value is -4.04. The van der Waals surface area contributed by atoms with Crippen molar-refractivity contribution in [3.05, 3.63) is 82.9 Å². The first-order valence-corrected chi connectivity index (χ1v) is 12.0. The number of benzene rings is 3. The standard InChI is InChI=1S/C28H32N4O4/c1-19-4-8-23(16-20(19)2)30-28(34)31-25-17-22(7-11-26(25)32-12-14-36-15-13-32)27(33)29-18-21-5-9-24(35-3)10-6-21/h4-11,16-17H,12-15,18H2,1-3H3,(H,29,33)(H2,30,31,34). The maximum Gasteiger partial charge on any atom is 0.323 e. The van der Waals surface area contributed by atoms with Crippen molar-refractivity contribution in [1.29, 1.82) is 0 Å². The van der Waals surface area contributed by atoms with E-state index in [1.54, 1.807) is 19.2 Å². The highest BCUT2D eigenvalue weighted by molar-refractivity contribution is 6.04. The van der Waals surface area contributed by atoms with Crippen LogP contribution in [0.1, 0.15) is 27.0 Å². The second kappa shape index (κ2) is 11.6. The fourth-order valence-corrected chi connectivity index (χ4v) is 3.99. The van der Waals surface area contributed by atoms with Crippen LogP contribution in [-0.2, 0) is 11.3 Å². The van der Waals surface area contributed by atoms with Gasteiger partial charge in [-0.3, -0.25) is 4.79 Å². The van der Waals surface area contributed by atoms with Gasteiger partial charge in [-0.2, -0.15) is 0 Å². The van der Waals surface area contributed by atoms with Gasteiger partial charge in [0.25, 0.3) is 5.91 Å². The predicted octanol–water partition coefficient (Wildman–Crippen LogP) is 4.72. The number of anilines is 3. The summed E-state index contributed by atoms with van der Waals surface area (Å²) in [5.74, 6) is 0.538. The minimum Gasteiger partial charge on any atom is -0.497 e. The monoisotopic (exact) mass is 488 g/mol. The number of nitrogens with zero attached hydrogens (tertiary/aromatic N) is 1. The number of rotatable bonds is 7. The zero-order valence-electron chi connectivity index (χ0n) is 20.9. The SMILES string of the molecule is COc1ccc(CNC(=O)c2ccc(N3CCOCC3)c(NC(=O)Nc3ccc(C)c(C)c3)c2)cc1. The molecule has 0 radical (unpaired) electrons. The molecule has 3 amide bonds. The first-order chi connectivity index (χ1) is 17.4. The van der Waals surface area contributed by atoms with Crippen molar-refractivity contribution >= 4 is 29.0 Å². The summed E-state index contributed by atoms with van der Waals surface area (Å²) in [5.41, 5.74) is 5.79. The van der Waals surface area contributed by atoms with Gasteiger partial charge in [-0.15, -0.1) is 0 Å². The molecule has 0 aromatic heterocycles. The molecule has 1 aliphatic rings. The highest BCUT2D eigenvalue weighted by Gasteiger charge is 2.18. The molecule has 0 spiro atoms. The third-order valence-electron chi connectivity index (χ3n) is 6.24. The molecule has 188 valence electrons. The van der Waals surface area contributed by atoms with Crippen LogP contribution in [-0.4, -0.2) is 45.4 Å². The van der Waals surface area contributed by atoms with Crippen LogP contribution in [0.25, 0.3) is 0 Å². The number of nitrogens with one attached hydrogen (secondary N) is 3. The second-order valence-corrected chi connectivity index (χ2v) is 8.74. The summed E-state index contributed by atoms with van der Waals surface area (Å²) in [6, 6.07) is 18.3. The third kappa shape index (κ3) is 6.34. The van der Waals surface area contributed by atoms with E-state index in [0.717, 1.165) is 28.1 Å². The van der Waals surface area contributed by atoms with Crippen LogP contribution in [0, 0.1) is 13.8 Å². The quantitative estimate of drug-likeness (QED) is 0.448. The average Bonchev–Trinajstić information content (AvgIpc) is 2.90. The van der Waals surface area contributed by atoms with E-state index in [1.165, 1.54) is 0 Å². The maximum absolute atomic E-state index is 12.9. The minimum absolute atomic E-state index is 0.225. The van der Waals surface area contributed by atoms with Gasteiger partial charge in [0.05, 0.1) is 31.7 Å². The van der Waals surface area contributed by atoms with Gasteiger partial charge in [0.2, 0.25) is 0 Å². The largest absolute Gasteiger partial charge is 0.497 e. The van der Waals surface area contributed by atoms with Gasteiger partial charge in [-0.25, -0.2) is 4.79 Å². The van der Waals surface area contributed by atoms with Gasteiger partial charge >= 0.3 is 6.03 Å². The number of urea groups is 1. The zero-order valence-corrected chi connectivity index (χ0v) is 20.9. The normalized spacial score (nSPS) is 13.1. The highest BCUT2D eigenvalue weighted by atomic mass is 16.5. The lowest BCUT2D eigenvalue weighted by Gasteiger charge is -2.30. The van der Waals surface area contributed by atoms with E-state index in [0.29, 0.717) is 49.8 Å². The van der Waals surface area contributed by atoms with E-state index in [-0.39, 0.29) is 11.9 Å². The number of aryl methyl sites for hydroxylation is 2. The molecule has 0 atom stereocenters. The summed E-state index contributed by atoms with van der Waals surface area (Å²) in [6.45, 7) is 7.04. The minimum atomic E-state index is -0.372. The van der Waals surface area contributed by atoms with Crippen molar-refractivity contribution in [2.75, 3.05) is 48.9 Å². The highest BCUT2D eigenvalue weighted by Crippen LogP contribution is 2.29. The van der Waals surface area contributed by atoms with Crippen LogP contribution in [0.3, 0.4) is 0 Å². The molecule has 0 unspecified atom stereocenters. The van der Waals surface area contributed by atoms with Crippen molar-refractivity contribution in [2.45, 2.75) is 20.4 Å². The number of hydrogen-bond acceptors (Lipinski definition) is 5. The van der Waals surface area contributed by atoms with Gasteiger partial charge in [0, 0.05) is 30.9 Å². The molecule has 1 fully saturated rings. The number of morpholine rings is 1. The lowest BCUT2D eigenvalue weighted by atomic mass is 10.1. The Morgan fingerprint density at radius 3 is 2.36 bits per heavy atom. The van der Waals surface area contributed by atoms with Crippen molar-refractivity contribution in [2.24, 2.45) is 0 Å². The van der Waals surface area contributed by atoms with Gasteiger partial charge in [0.15, 0.2) is 0 Å². The molecule has 8 heteroatoms. The molecule has 0 bridgehead atoms. The van der Waals surface area contributed by atoms with E-state index >= 15 is 0 Å². The number of methoxy groups -OCH3 is 1. The molecule has 3 N–H and O–H groups in total. The second-order valence-electron chi connectivity index (χ2n) is 8.74. The smallest absolute Gasteiger partial charge is 0.323 e. The van der Waals surface area contributed by atoms with E-state index in [2.05, 4.69) is 20.9 Å². The van der Waals surface area contributed by atoms with E-state index in [1.807, 2.05) is 62.4 Å². The molecule has 4 rings (SSSR count). The van der Waals surface area contributed by atoms with E-state index in [4.69, 9.17) is 9.47 Å². The summed E-state index contributed by atoms with van der Waals surface area (Å²) in [6.07, 6.45) is 0.